The maximum absolute atomic E-state index is 12.4. The summed E-state index contributed by atoms with van der Waals surface area (Å²) in [6.07, 6.45) is 62.3. The van der Waals surface area contributed by atoms with Gasteiger partial charge in [-0.2, -0.15) is 0 Å². The first-order valence-corrected chi connectivity index (χ1v) is 23.9. The zero-order valence-corrected chi connectivity index (χ0v) is 36.2. The van der Waals surface area contributed by atoms with Crippen molar-refractivity contribution in [3.8, 4) is 0 Å². The SMILES string of the molecule is CCCCC/C=C\C/C=C\CCCCCCCCCCCC(=O)NC(CO)C(O)/C=C/CC/C=C/CCCCCCCCCCCCCCCCCCC. The number of hydrogen-bond donors (Lipinski definition) is 3. The smallest absolute Gasteiger partial charge is 0.220 e. The Kier molecular flexibility index (Phi) is 44.3. The number of allylic oxidation sites excluding steroid dienone is 7. The molecule has 0 aromatic carbocycles. The monoisotopic (exact) mass is 756 g/mol. The molecular formula is C50H93NO3. The molecule has 2 atom stereocenters. The molecule has 0 aliphatic rings. The number of rotatable bonds is 43. The summed E-state index contributed by atoms with van der Waals surface area (Å²) in [4.78, 5) is 12.4. The van der Waals surface area contributed by atoms with E-state index in [4.69, 9.17) is 0 Å². The topological polar surface area (TPSA) is 69.6 Å². The molecule has 0 saturated heterocycles. The Hall–Kier alpha value is -1.65. The summed E-state index contributed by atoms with van der Waals surface area (Å²) in [6, 6.07) is -0.642. The molecule has 0 fully saturated rings. The van der Waals surface area contributed by atoms with Gasteiger partial charge in [0.25, 0.3) is 0 Å². The molecular weight excluding hydrogens is 663 g/mol. The second-order valence-corrected chi connectivity index (χ2v) is 16.2. The van der Waals surface area contributed by atoms with E-state index in [1.807, 2.05) is 6.08 Å². The minimum Gasteiger partial charge on any atom is -0.394 e. The van der Waals surface area contributed by atoms with Crippen LogP contribution in [-0.4, -0.2) is 34.9 Å². The highest BCUT2D eigenvalue weighted by Crippen LogP contribution is 2.15. The predicted octanol–water partition coefficient (Wildman–Crippen LogP) is 15.1. The van der Waals surface area contributed by atoms with Gasteiger partial charge in [-0.05, 0) is 64.2 Å². The third-order valence-corrected chi connectivity index (χ3v) is 10.8. The zero-order valence-electron chi connectivity index (χ0n) is 36.2. The Balaban J connectivity index is 3.59. The summed E-state index contributed by atoms with van der Waals surface area (Å²) in [5, 5.41) is 23.0. The number of unbranched alkanes of at least 4 members (excludes halogenated alkanes) is 30. The molecule has 1 amide bonds. The molecule has 0 spiro atoms. The van der Waals surface area contributed by atoms with Crippen LogP contribution < -0.4 is 5.32 Å². The van der Waals surface area contributed by atoms with Crippen LogP contribution in [0.3, 0.4) is 0 Å². The van der Waals surface area contributed by atoms with Crippen LogP contribution in [0.15, 0.2) is 48.6 Å². The zero-order chi connectivity index (χ0) is 39.3. The lowest BCUT2D eigenvalue weighted by Crippen LogP contribution is -2.45. The van der Waals surface area contributed by atoms with Crippen LogP contribution in [0.5, 0.6) is 0 Å². The van der Waals surface area contributed by atoms with Gasteiger partial charge < -0.3 is 15.5 Å². The van der Waals surface area contributed by atoms with Gasteiger partial charge >= 0.3 is 0 Å². The summed E-state index contributed by atoms with van der Waals surface area (Å²) in [5.74, 6) is -0.0779. The standard InChI is InChI=1S/C50H93NO3/c1-3-5-7-9-11-13-15-17-19-21-23-24-25-26-28-29-31-33-35-37-39-41-43-45-49(53)48(47-52)51-50(54)46-44-42-40-38-36-34-32-30-27-22-20-18-16-14-12-10-8-6-4-2/h12,14,18,20,35,37,43,45,48-49,52-53H,3-11,13,15-17,19,21-34,36,38-42,44,46-47H2,1-2H3,(H,51,54)/b14-12-,20-18-,37-35+,45-43+. The maximum Gasteiger partial charge on any atom is 0.220 e. The highest BCUT2D eigenvalue weighted by atomic mass is 16.3. The molecule has 0 aromatic heterocycles. The number of aliphatic hydroxyl groups excluding tert-OH is 2. The molecule has 54 heavy (non-hydrogen) atoms. The largest absolute Gasteiger partial charge is 0.394 e. The van der Waals surface area contributed by atoms with E-state index in [1.165, 1.54) is 186 Å². The van der Waals surface area contributed by atoms with E-state index in [9.17, 15) is 15.0 Å². The van der Waals surface area contributed by atoms with Gasteiger partial charge in [-0.25, -0.2) is 0 Å². The fourth-order valence-corrected chi connectivity index (χ4v) is 7.11. The fraction of sp³-hybridized carbons (Fsp3) is 0.820. The van der Waals surface area contributed by atoms with Crippen molar-refractivity contribution < 1.29 is 15.0 Å². The third-order valence-electron chi connectivity index (χ3n) is 10.8. The average Bonchev–Trinajstić information content (AvgIpc) is 3.18. The van der Waals surface area contributed by atoms with Crippen LogP contribution >= 0.6 is 0 Å². The summed E-state index contributed by atoms with van der Waals surface area (Å²) in [5.41, 5.74) is 0. The van der Waals surface area contributed by atoms with Gasteiger partial charge in [-0.15, -0.1) is 0 Å². The third kappa shape index (κ3) is 41.5. The lowest BCUT2D eigenvalue weighted by Gasteiger charge is -2.19. The van der Waals surface area contributed by atoms with E-state index in [1.54, 1.807) is 6.08 Å². The summed E-state index contributed by atoms with van der Waals surface area (Å²) in [7, 11) is 0. The number of hydrogen-bond acceptors (Lipinski definition) is 3. The minimum atomic E-state index is -0.865. The quantitative estimate of drug-likeness (QED) is 0.0429. The number of amides is 1. The maximum atomic E-state index is 12.4. The van der Waals surface area contributed by atoms with Crippen LogP contribution in [0.1, 0.15) is 245 Å². The van der Waals surface area contributed by atoms with Crippen molar-refractivity contribution in [1.29, 1.82) is 0 Å². The van der Waals surface area contributed by atoms with E-state index >= 15 is 0 Å². The lowest BCUT2D eigenvalue weighted by atomic mass is 10.0. The molecule has 0 aromatic rings. The van der Waals surface area contributed by atoms with Gasteiger partial charge in [-0.1, -0.05) is 223 Å². The fourth-order valence-electron chi connectivity index (χ4n) is 7.11. The first kappa shape index (κ1) is 52.3. The van der Waals surface area contributed by atoms with Crippen molar-refractivity contribution in [2.45, 2.75) is 257 Å². The Morgan fingerprint density at radius 1 is 0.444 bits per heavy atom. The van der Waals surface area contributed by atoms with Crippen LogP contribution in [0.25, 0.3) is 0 Å². The Bertz CT molecular complexity index is 862. The second kappa shape index (κ2) is 45.7. The molecule has 4 heteroatoms. The van der Waals surface area contributed by atoms with Gasteiger partial charge in [0.1, 0.15) is 0 Å². The number of carbonyl (C=O) groups excluding carboxylic acids is 1. The predicted molar refractivity (Wildman–Crippen MR) is 239 cm³/mol. The van der Waals surface area contributed by atoms with E-state index < -0.39 is 12.1 Å². The van der Waals surface area contributed by atoms with E-state index in [-0.39, 0.29) is 12.5 Å². The first-order valence-electron chi connectivity index (χ1n) is 23.9. The van der Waals surface area contributed by atoms with Crippen molar-refractivity contribution in [3.63, 3.8) is 0 Å². The van der Waals surface area contributed by atoms with Crippen molar-refractivity contribution in [2.24, 2.45) is 0 Å². The van der Waals surface area contributed by atoms with Crippen LogP contribution in [0.4, 0.5) is 0 Å². The van der Waals surface area contributed by atoms with Crippen molar-refractivity contribution >= 4 is 5.91 Å². The van der Waals surface area contributed by atoms with Crippen LogP contribution in [0, 0.1) is 0 Å². The summed E-state index contributed by atoms with van der Waals surface area (Å²) in [6.45, 7) is 4.28. The molecule has 0 aliphatic carbocycles. The van der Waals surface area contributed by atoms with Gasteiger partial charge in [-0.3, -0.25) is 4.79 Å². The highest BCUT2D eigenvalue weighted by Gasteiger charge is 2.17. The van der Waals surface area contributed by atoms with Gasteiger partial charge in [0.15, 0.2) is 0 Å². The molecule has 316 valence electrons. The molecule has 2 unspecified atom stereocenters. The van der Waals surface area contributed by atoms with Gasteiger partial charge in [0.2, 0.25) is 5.91 Å². The van der Waals surface area contributed by atoms with E-state index in [0.717, 1.165) is 38.5 Å². The second-order valence-electron chi connectivity index (χ2n) is 16.2. The molecule has 0 heterocycles. The normalized spacial score (nSPS) is 13.3. The molecule has 0 radical (unpaired) electrons. The molecule has 0 saturated carbocycles. The lowest BCUT2D eigenvalue weighted by molar-refractivity contribution is -0.123. The molecule has 0 aliphatic heterocycles. The molecule has 0 rings (SSSR count). The van der Waals surface area contributed by atoms with E-state index in [0.29, 0.717) is 6.42 Å². The number of carbonyl (C=O) groups is 1. The van der Waals surface area contributed by atoms with Gasteiger partial charge in [0, 0.05) is 6.42 Å². The van der Waals surface area contributed by atoms with Crippen LogP contribution in [-0.2, 0) is 4.79 Å². The Morgan fingerprint density at radius 3 is 1.22 bits per heavy atom. The summed E-state index contributed by atoms with van der Waals surface area (Å²) >= 11 is 0. The summed E-state index contributed by atoms with van der Waals surface area (Å²) < 4.78 is 0. The number of nitrogens with one attached hydrogen (secondary N) is 1. The van der Waals surface area contributed by atoms with Crippen LogP contribution in [0.2, 0.25) is 0 Å². The Morgan fingerprint density at radius 2 is 0.778 bits per heavy atom. The van der Waals surface area contributed by atoms with Crippen molar-refractivity contribution in [1.82, 2.24) is 5.32 Å². The molecule has 4 nitrogen and oxygen atoms in total. The highest BCUT2D eigenvalue weighted by molar-refractivity contribution is 5.76. The number of aliphatic hydroxyl groups is 2. The van der Waals surface area contributed by atoms with E-state index in [2.05, 4.69) is 55.6 Å². The minimum absolute atomic E-state index is 0.0779. The Labute approximate surface area is 337 Å². The molecule has 0 bridgehead atoms. The van der Waals surface area contributed by atoms with Crippen molar-refractivity contribution in [2.75, 3.05) is 6.61 Å². The van der Waals surface area contributed by atoms with Crippen molar-refractivity contribution in [3.05, 3.63) is 48.6 Å². The first-order chi connectivity index (χ1) is 26.7. The molecule has 3 N–H and O–H groups in total. The van der Waals surface area contributed by atoms with Gasteiger partial charge in [0.05, 0.1) is 18.8 Å². The average molecular weight is 756 g/mol.